The molecule has 25 heavy (non-hydrogen) atoms. The Morgan fingerprint density at radius 1 is 1.16 bits per heavy atom. The van der Waals surface area contributed by atoms with E-state index in [4.69, 9.17) is 0 Å². The van der Waals surface area contributed by atoms with Crippen LogP contribution in [0.2, 0.25) is 0 Å². The minimum absolute atomic E-state index is 0.249. The first-order chi connectivity index (χ1) is 12.0. The van der Waals surface area contributed by atoms with E-state index in [2.05, 4.69) is 25.5 Å². The zero-order valence-corrected chi connectivity index (χ0v) is 14.6. The summed E-state index contributed by atoms with van der Waals surface area (Å²) in [5.74, 6) is -0.0647. The Kier molecular flexibility index (Phi) is 7.28. The van der Waals surface area contributed by atoms with Gasteiger partial charge in [-0.1, -0.05) is 12.1 Å². The predicted molar refractivity (Wildman–Crippen MR) is 96.1 cm³/mol. The Morgan fingerprint density at radius 2 is 1.92 bits per heavy atom. The topological polar surface area (TPSA) is 70.2 Å². The summed E-state index contributed by atoms with van der Waals surface area (Å²) in [6.45, 7) is 2.17. The number of anilines is 1. The summed E-state index contributed by atoms with van der Waals surface area (Å²) in [5.41, 5.74) is 1.29. The van der Waals surface area contributed by atoms with Crippen molar-refractivity contribution in [3.63, 3.8) is 0 Å². The second kappa shape index (κ2) is 9.68. The number of carbonyl (C=O) groups is 1. The molecule has 7 heteroatoms. The standard InChI is InChI=1S/C18H24FN5O/c1-24(2)13-3-10-21-18-22-12-9-16(23-18)17(25)20-11-8-14-4-6-15(19)7-5-14/h4-7,9,12H,3,8,10-11,13H2,1-2H3,(H,20,25)(H,21,22,23). The molecule has 0 spiro atoms. The van der Waals surface area contributed by atoms with Gasteiger partial charge in [-0.2, -0.15) is 0 Å². The van der Waals surface area contributed by atoms with Gasteiger partial charge in [0.25, 0.3) is 5.91 Å². The molecule has 0 radical (unpaired) electrons. The van der Waals surface area contributed by atoms with Crippen LogP contribution in [0.4, 0.5) is 10.3 Å². The largest absolute Gasteiger partial charge is 0.354 e. The van der Waals surface area contributed by atoms with Crippen LogP contribution in [0.1, 0.15) is 22.5 Å². The molecule has 2 rings (SSSR count). The van der Waals surface area contributed by atoms with Crippen molar-refractivity contribution in [3.8, 4) is 0 Å². The van der Waals surface area contributed by atoms with Crippen LogP contribution < -0.4 is 10.6 Å². The molecule has 1 amide bonds. The van der Waals surface area contributed by atoms with Gasteiger partial charge < -0.3 is 15.5 Å². The van der Waals surface area contributed by atoms with E-state index in [-0.39, 0.29) is 11.7 Å². The highest BCUT2D eigenvalue weighted by molar-refractivity contribution is 5.92. The third kappa shape index (κ3) is 6.84. The number of nitrogens with zero attached hydrogens (tertiary/aromatic N) is 3. The van der Waals surface area contributed by atoms with Crippen molar-refractivity contribution < 1.29 is 9.18 Å². The lowest BCUT2D eigenvalue weighted by atomic mass is 10.1. The number of carbonyl (C=O) groups excluding carboxylic acids is 1. The fourth-order valence-corrected chi connectivity index (χ4v) is 2.23. The Labute approximate surface area is 147 Å². The minimum atomic E-state index is -0.264. The van der Waals surface area contributed by atoms with Crippen LogP contribution in [0.5, 0.6) is 0 Å². The van der Waals surface area contributed by atoms with Crippen molar-refractivity contribution in [2.45, 2.75) is 12.8 Å². The normalized spacial score (nSPS) is 10.7. The molecule has 134 valence electrons. The number of hydrogen-bond acceptors (Lipinski definition) is 5. The number of amides is 1. The first-order valence-electron chi connectivity index (χ1n) is 8.29. The summed E-state index contributed by atoms with van der Waals surface area (Å²) >= 11 is 0. The first-order valence-corrected chi connectivity index (χ1v) is 8.29. The molecule has 0 aliphatic carbocycles. The van der Waals surface area contributed by atoms with Crippen molar-refractivity contribution in [1.29, 1.82) is 0 Å². The van der Waals surface area contributed by atoms with Crippen molar-refractivity contribution in [2.24, 2.45) is 0 Å². The fraction of sp³-hybridized carbons (Fsp3) is 0.389. The number of nitrogens with one attached hydrogen (secondary N) is 2. The van der Waals surface area contributed by atoms with E-state index in [0.29, 0.717) is 24.6 Å². The van der Waals surface area contributed by atoms with Gasteiger partial charge in [-0.15, -0.1) is 0 Å². The van der Waals surface area contributed by atoms with Gasteiger partial charge in [0, 0.05) is 19.3 Å². The van der Waals surface area contributed by atoms with Crippen LogP contribution in [0, 0.1) is 5.82 Å². The van der Waals surface area contributed by atoms with Crippen LogP contribution in [-0.4, -0.2) is 54.5 Å². The van der Waals surface area contributed by atoms with Gasteiger partial charge in [0.1, 0.15) is 11.5 Å². The van der Waals surface area contributed by atoms with E-state index >= 15 is 0 Å². The molecule has 2 aromatic rings. The molecule has 0 atom stereocenters. The third-order valence-electron chi connectivity index (χ3n) is 3.57. The van der Waals surface area contributed by atoms with Crippen LogP contribution in [0.3, 0.4) is 0 Å². The molecule has 0 bridgehead atoms. The average Bonchev–Trinajstić information content (AvgIpc) is 2.60. The van der Waals surface area contributed by atoms with Crippen LogP contribution in [0.15, 0.2) is 36.5 Å². The molecule has 0 saturated heterocycles. The fourth-order valence-electron chi connectivity index (χ4n) is 2.23. The highest BCUT2D eigenvalue weighted by atomic mass is 19.1. The maximum Gasteiger partial charge on any atom is 0.270 e. The van der Waals surface area contributed by atoms with E-state index in [1.807, 2.05) is 14.1 Å². The molecule has 6 nitrogen and oxygen atoms in total. The monoisotopic (exact) mass is 345 g/mol. The van der Waals surface area contributed by atoms with Gasteiger partial charge in [-0.3, -0.25) is 4.79 Å². The Balaban J connectivity index is 1.78. The number of hydrogen-bond donors (Lipinski definition) is 2. The summed E-state index contributed by atoms with van der Waals surface area (Å²) in [4.78, 5) is 22.6. The summed E-state index contributed by atoms with van der Waals surface area (Å²) in [5, 5.41) is 5.93. The van der Waals surface area contributed by atoms with E-state index in [1.165, 1.54) is 12.1 Å². The lowest BCUT2D eigenvalue weighted by Crippen LogP contribution is -2.27. The zero-order valence-electron chi connectivity index (χ0n) is 14.6. The summed E-state index contributed by atoms with van der Waals surface area (Å²) < 4.78 is 12.9. The zero-order chi connectivity index (χ0) is 18.1. The van der Waals surface area contributed by atoms with Crippen molar-refractivity contribution >= 4 is 11.9 Å². The Morgan fingerprint density at radius 3 is 2.64 bits per heavy atom. The summed E-state index contributed by atoms with van der Waals surface area (Å²) in [7, 11) is 4.04. The van der Waals surface area contributed by atoms with Gasteiger partial charge in [0.15, 0.2) is 0 Å². The number of halogens is 1. The third-order valence-corrected chi connectivity index (χ3v) is 3.57. The second-order valence-electron chi connectivity index (χ2n) is 5.98. The molecule has 0 aliphatic rings. The van der Waals surface area contributed by atoms with E-state index in [9.17, 15) is 9.18 Å². The van der Waals surface area contributed by atoms with Gasteiger partial charge in [-0.05, 0) is 57.2 Å². The molecular formula is C18H24FN5O. The van der Waals surface area contributed by atoms with Gasteiger partial charge in [-0.25, -0.2) is 14.4 Å². The predicted octanol–water partition coefficient (Wildman–Crippen LogP) is 1.95. The van der Waals surface area contributed by atoms with E-state index < -0.39 is 0 Å². The SMILES string of the molecule is CN(C)CCCNc1nccc(C(=O)NCCc2ccc(F)cc2)n1. The van der Waals surface area contributed by atoms with Gasteiger partial charge in [0.05, 0.1) is 0 Å². The van der Waals surface area contributed by atoms with Crippen molar-refractivity contribution in [3.05, 3.63) is 53.6 Å². The van der Waals surface area contributed by atoms with Crippen LogP contribution in [0.25, 0.3) is 0 Å². The molecule has 0 aliphatic heterocycles. The molecular weight excluding hydrogens is 321 g/mol. The molecule has 0 saturated carbocycles. The van der Waals surface area contributed by atoms with Crippen LogP contribution >= 0.6 is 0 Å². The summed E-state index contributed by atoms with van der Waals surface area (Å²) in [6.07, 6.45) is 3.16. The van der Waals surface area contributed by atoms with Crippen LogP contribution in [-0.2, 0) is 6.42 Å². The minimum Gasteiger partial charge on any atom is -0.354 e. The molecule has 1 heterocycles. The van der Waals surface area contributed by atoms with Gasteiger partial charge >= 0.3 is 0 Å². The lowest BCUT2D eigenvalue weighted by molar-refractivity contribution is 0.0949. The molecule has 1 aromatic heterocycles. The maximum absolute atomic E-state index is 12.9. The first kappa shape index (κ1) is 18.8. The number of benzene rings is 1. The summed E-state index contributed by atoms with van der Waals surface area (Å²) in [6, 6.07) is 7.83. The second-order valence-corrected chi connectivity index (χ2v) is 5.98. The van der Waals surface area contributed by atoms with E-state index in [0.717, 1.165) is 25.1 Å². The highest BCUT2D eigenvalue weighted by Gasteiger charge is 2.08. The average molecular weight is 345 g/mol. The van der Waals surface area contributed by atoms with Gasteiger partial charge in [0.2, 0.25) is 5.95 Å². The highest BCUT2D eigenvalue weighted by Crippen LogP contribution is 2.04. The molecule has 0 fully saturated rings. The molecule has 1 aromatic carbocycles. The van der Waals surface area contributed by atoms with Crippen molar-refractivity contribution in [1.82, 2.24) is 20.2 Å². The smallest absolute Gasteiger partial charge is 0.270 e. The lowest BCUT2D eigenvalue weighted by Gasteiger charge is -2.10. The molecule has 0 unspecified atom stereocenters. The number of aromatic nitrogens is 2. The Bertz CT molecular complexity index is 675. The van der Waals surface area contributed by atoms with Crippen molar-refractivity contribution in [2.75, 3.05) is 39.0 Å². The van der Waals surface area contributed by atoms with E-state index in [1.54, 1.807) is 24.4 Å². The quantitative estimate of drug-likeness (QED) is 0.680. The Hall–Kier alpha value is -2.54. The molecule has 2 N–H and O–H groups in total. The number of rotatable bonds is 9. The maximum atomic E-state index is 12.9.